The molecule has 0 spiro atoms. The number of hydrogen-bond donors (Lipinski definition) is 8. The minimum atomic E-state index is -1.22. The van der Waals surface area contributed by atoms with Crippen molar-refractivity contribution in [3.8, 4) is 56.3 Å². The Labute approximate surface area is 644 Å². The largest absolute Gasteiger partial charge is 0.488 e. The Balaban J connectivity index is 0.000000177. The van der Waals surface area contributed by atoms with Crippen molar-refractivity contribution < 1.29 is 57.9 Å². The lowest BCUT2D eigenvalue weighted by atomic mass is 9.70. The molecule has 26 nitrogen and oxygen atoms in total. The molecule has 111 heavy (non-hydrogen) atoms. The van der Waals surface area contributed by atoms with Crippen LogP contribution in [0.1, 0.15) is 175 Å². The SMILES string of the molecule is COC(=O)NC(C(=O)N1CC(C)CC1c1nc2c(ccc3cc4c(cc32)OCc2cc(-c3cnc(C5C[C@H](C)CN5C(=O)[C@@H](NC(=O)O)C(C)C)[nH]3)ccc2-4)[nH]1)C(C)C.C[C@@H]1CN(C(=O)O)[C@](c2ncc(-c3ccc4c(c3)COc3cc5c(ccc6[nH]c([C@@H]7C[C@H](C)CN7C(=O)OC(C)(C)C)nc65)cc3-4)[nH]2)(C(C)(C)C)C1. The second-order valence-corrected chi connectivity index (χ2v) is 34.5. The molecule has 10 heterocycles. The predicted octanol–water partition coefficient (Wildman–Crippen LogP) is 16.4. The average Bonchev–Trinajstić information content (AvgIpc) is 1.59. The predicted molar refractivity (Wildman–Crippen MR) is 421 cm³/mol. The van der Waals surface area contributed by atoms with Gasteiger partial charge in [-0.15, -0.1) is 0 Å². The smallest absolute Gasteiger partial charge is 0.410 e. The molecule has 0 saturated carbocycles. The monoisotopic (exact) mass is 1510 g/mol. The van der Waals surface area contributed by atoms with Crippen molar-refractivity contribution in [3.05, 3.63) is 132 Å². The topological polar surface area (TPSA) is 332 Å². The Bertz CT molecular complexity index is 5350. The number of amides is 6. The third-order valence-corrected chi connectivity index (χ3v) is 23.3. The second kappa shape index (κ2) is 28.6. The maximum absolute atomic E-state index is 13.9. The van der Waals surface area contributed by atoms with Crippen molar-refractivity contribution in [2.75, 3.05) is 33.3 Å². The third-order valence-electron chi connectivity index (χ3n) is 23.3. The summed E-state index contributed by atoms with van der Waals surface area (Å²) in [5.41, 5.74) is 11.5. The maximum Gasteiger partial charge on any atom is 0.410 e. The molecule has 4 aromatic heterocycles. The van der Waals surface area contributed by atoms with Crippen LogP contribution in [-0.4, -0.2) is 157 Å². The number of fused-ring (bicyclic) bond motifs is 12. The quantitative estimate of drug-likeness (QED) is 0.0563. The molecule has 4 fully saturated rings. The molecule has 6 amide bonds. The first-order valence-electron chi connectivity index (χ1n) is 38.7. The molecule has 4 saturated heterocycles. The minimum absolute atomic E-state index is 0.135. The van der Waals surface area contributed by atoms with Gasteiger partial charge in [0, 0.05) is 48.1 Å². The van der Waals surface area contributed by atoms with E-state index in [1.165, 1.54) is 7.11 Å². The van der Waals surface area contributed by atoms with Crippen molar-refractivity contribution in [2.45, 2.75) is 177 Å². The van der Waals surface area contributed by atoms with Gasteiger partial charge < -0.3 is 69.5 Å². The van der Waals surface area contributed by atoms with Crippen molar-refractivity contribution in [3.63, 3.8) is 0 Å². The number of aromatic amines is 4. The van der Waals surface area contributed by atoms with E-state index in [-0.39, 0.29) is 71.0 Å². The number of hydrogen-bond acceptors (Lipinski definition) is 14. The number of alkyl carbamates (subject to hydrolysis) is 1. The van der Waals surface area contributed by atoms with Gasteiger partial charge in [-0.2, -0.15) is 0 Å². The lowest BCUT2D eigenvalue weighted by Crippen LogP contribution is -2.53. The Morgan fingerprint density at radius 3 is 1.51 bits per heavy atom. The van der Waals surface area contributed by atoms with Gasteiger partial charge in [0.15, 0.2) is 0 Å². The second-order valence-electron chi connectivity index (χ2n) is 34.5. The number of likely N-dealkylation sites (tertiary alicyclic amines) is 4. The van der Waals surface area contributed by atoms with Crippen LogP contribution in [0.4, 0.5) is 19.2 Å². The lowest BCUT2D eigenvalue weighted by Gasteiger charge is -2.45. The van der Waals surface area contributed by atoms with E-state index in [0.29, 0.717) is 69.2 Å². The van der Waals surface area contributed by atoms with Crippen LogP contribution in [0.25, 0.3) is 88.4 Å². The molecule has 6 aromatic carbocycles. The number of aromatic nitrogens is 8. The summed E-state index contributed by atoms with van der Waals surface area (Å²) >= 11 is 0. The normalized spacial score (nSPS) is 22.0. The number of methoxy groups -OCH3 is 1. The maximum atomic E-state index is 13.9. The van der Waals surface area contributed by atoms with Crippen LogP contribution in [0.5, 0.6) is 11.5 Å². The van der Waals surface area contributed by atoms with Gasteiger partial charge >= 0.3 is 24.4 Å². The molecule has 4 unspecified atom stereocenters. The highest BCUT2D eigenvalue weighted by atomic mass is 16.6. The van der Waals surface area contributed by atoms with Gasteiger partial charge in [-0.05, 0) is 180 Å². The highest BCUT2D eigenvalue weighted by Gasteiger charge is 2.57. The first-order chi connectivity index (χ1) is 52.7. The van der Waals surface area contributed by atoms with Gasteiger partial charge in [-0.25, -0.2) is 39.1 Å². The number of H-pyrrole nitrogens is 4. The standard InChI is InChI=1S/C44H52N8O7.C41H48N6O5/c1-21(2)36(49-43(55)56)41(53)51-18-23(5)12-33(51)39-45-17-32(47-39)26-8-10-28-27(14-26)20-59-35-16-29-25(15-30(28)35)9-11-31-38(29)48-40(46-31)34-13-24(6)19-52(34)42(54)37(22(3)4)50-44(57)58-7;1-22-13-32(46(19-22)38(50)52-40(6,7)8)35-43-30-12-10-24-15-29-27-11-9-25(14-26(27)21-51-33(29)16-28(24)34(30)45-35)31-18-42-36(44-31)41(39(3,4)5)17-23(2)20-47(41)37(48)49/h8-11,14-17,21-24,33-34,36-37,49H,12-13,18-20H2,1-7H3,(H,45,47)(H,46,48)(H,50,57)(H,55,56);9-12,14-16,18,22-23,32H,13,17,19-21H2,1-8H3,(H,42,44)(H,43,45)(H,48,49)/t23-,24?,33?,34?,36-,37?;22-,23-,32-,41+/m00/s1. The summed E-state index contributed by atoms with van der Waals surface area (Å²) in [5.74, 6) is 4.68. The fourth-order valence-electron chi connectivity index (χ4n) is 17.9. The Morgan fingerprint density at radius 2 is 1.04 bits per heavy atom. The molecule has 0 aliphatic carbocycles. The number of rotatable bonds is 12. The summed E-state index contributed by atoms with van der Waals surface area (Å²) < 4.78 is 23.4. The van der Waals surface area contributed by atoms with E-state index in [1.54, 1.807) is 20.9 Å². The third kappa shape index (κ3) is 13.9. The zero-order valence-electron chi connectivity index (χ0n) is 65.7. The van der Waals surface area contributed by atoms with Gasteiger partial charge in [0.1, 0.15) is 71.2 Å². The van der Waals surface area contributed by atoms with Gasteiger partial charge in [-0.1, -0.05) is 113 Å². The van der Waals surface area contributed by atoms with E-state index < -0.39 is 41.5 Å². The highest BCUT2D eigenvalue weighted by molar-refractivity contribution is 6.08. The van der Waals surface area contributed by atoms with Crippen molar-refractivity contribution in [1.82, 2.24) is 70.1 Å². The van der Waals surface area contributed by atoms with Crippen LogP contribution >= 0.6 is 0 Å². The van der Waals surface area contributed by atoms with Crippen LogP contribution in [0.15, 0.2) is 97.3 Å². The van der Waals surface area contributed by atoms with Gasteiger partial charge in [0.2, 0.25) is 11.8 Å². The van der Waals surface area contributed by atoms with Crippen LogP contribution in [0.3, 0.4) is 0 Å². The molecule has 6 aliphatic rings. The molecule has 6 aliphatic heterocycles. The fourth-order valence-corrected chi connectivity index (χ4v) is 17.9. The number of benzene rings is 6. The van der Waals surface area contributed by atoms with Crippen molar-refractivity contribution >= 4 is 79.8 Å². The molecule has 10 atom stereocenters. The summed E-state index contributed by atoms with van der Waals surface area (Å²) in [6.07, 6.45) is 3.50. The van der Waals surface area contributed by atoms with Gasteiger partial charge in [-0.3, -0.25) is 19.4 Å². The van der Waals surface area contributed by atoms with E-state index >= 15 is 0 Å². The first-order valence-corrected chi connectivity index (χ1v) is 38.7. The molecule has 582 valence electrons. The Kier molecular flexibility index (Phi) is 19.4. The molecular weight excluding hydrogens is 1410 g/mol. The number of nitrogens with one attached hydrogen (secondary N) is 6. The molecule has 0 radical (unpaired) electrons. The van der Waals surface area contributed by atoms with E-state index in [2.05, 4.69) is 158 Å². The first kappa shape index (κ1) is 75.2. The number of carbonyl (C=O) groups is 6. The van der Waals surface area contributed by atoms with Gasteiger partial charge in [0.05, 0.1) is 71.1 Å². The molecule has 26 heteroatoms. The number of carboxylic acid groups (broad SMARTS) is 2. The van der Waals surface area contributed by atoms with E-state index in [9.17, 15) is 39.0 Å². The summed E-state index contributed by atoms with van der Waals surface area (Å²) in [7, 11) is 1.29. The van der Waals surface area contributed by atoms with Crippen LogP contribution in [0, 0.1) is 40.9 Å². The van der Waals surface area contributed by atoms with Crippen LogP contribution in [0.2, 0.25) is 0 Å². The Hall–Kier alpha value is -11.2. The average molecular weight is 1510 g/mol. The fraction of sp³-hybridized carbons (Fsp3) is 0.459. The molecular formula is C85H100N14O12. The summed E-state index contributed by atoms with van der Waals surface area (Å²) in [4.78, 5) is 117. The number of imidazole rings is 4. The molecule has 8 N–H and O–H groups in total. The summed E-state index contributed by atoms with van der Waals surface area (Å²) in [6.45, 7) is 30.8. The van der Waals surface area contributed by atoms with Crippen molar-refractivity contribution in [1.29, 1.82) is 0 Å². The van der Waals surface area contributed by atoms with Gasteiger partial charge in [0.25, 0.3) is 0 Å². The molecule has 10 aromatic rings. The summed E-state index contributed by atoms with van der Waals surface area (Å²) in [6, 6.07) is 27.0. The summed E-state index contributed by atoms with van der Waals surface area (Å²) in [5, 5.41) is 28.7. The number of nitrogens with zero attached hydrogens (tertiary/aromatic N) is 8. The van der Waals surface area contributed by atoms with Crippen LogP contribution in [-0.2, 0) is 37.8 Å². The number of ether oxygens (including phenoxy) is 4. The van der Waals surface area contributed by atoms with Crippen molar-refractivity contribution in [2.24, 2.45) is 40.9 Å². The lowest BCUT2D eigenvalue weighted by molar-refractivity contribution is -0.136. The van der Waals surface area contributed by atoms with E-state index in [4.69, 9.17) is 38.9 Å². The van der Waals surface area contributed by atoms with E-state index in [0.717, 1.165) is 136 Å². The number of carbonyl (C=O) groups excluding carboxylic acids is 4. The van der Waals surface area contributed by atoms with Crippen LogP contribution < -0.4 is 20.1 Å². The van der Waals surface area contributed by atoms with E-state index in [1.807, 2.05) is 65.6 Å². The zero-order valence-corrected chi connectivity index (χ0v) is 65.7. The molecule has 0 bridgehead atoms. The molecule has 16 rings (SSSR count). The highest BCUT2D eigenvalue weighted by Crippen LogP contribution is 2.53. The Morgan fingerprint density at radius 1 is 0.559 bits per heavy atom. The minimum Gasteiger partial charge on any atom is -0.488 e. The zero-order chi connectivity index (χ0) is 78.8.